The summed E-state index contributed by atoms with van der Waals surface area (Å²) < 4.78 is 0. The van der Waals surface area contributed by atoms with E-state index < -0.39 is 0 Å². The molecule has 2 aliphatic carbocycles. The largest absolute Gasteiger partial charge is 0.299 e. The van der Waals surface area contributed by atoms with Crippen LogP contribution in [0, 0.1) is 17.8 Å². The van der Waals surface area contributed by atoms with Gasteiger partial charge in [-0.2, -0.15) is 0 Å². The molecule has 0 N–H and O–H groups in total. The van der Waals surface area contributed by atoms with Crippen molar-refractivity contribution in [2.45, 2.75) is 77.6 Å². The Balaban J connectivity index is 1.76. The van der Waals surface area contributed by atoms with Gasteiger partial charge in [-0.05, 0) is 37.5 Å². The van der Waals surface area contributed by atoms with Crippen LogP contribution >= 0.6 is 0 Å². The number of carbonyl (C=O) groups is 1. The first-order valence-electron chi connectivity index (χ1n) is 7.84. The summed E-state index contributed by atoms with van der Waals surface area (Å²) in [5.41, 5.74) is 0. The predicted molar refractivity (Wildman–Crippen MR) is 71.9 cm³/mol. The number of fused-ring (bicyclic) bond motifs is 1. The zero-order chi connectivity index (χ0) is 12.1. The number of Topliss-reactive ketones (excluding diaryl/α,β-unsaturated/α-hetero) is 1. The first-order chi connectivity index (χ1) is 8.31. The number of ketones is 1. The van der Waals surface area contributed by atoms with Crippen LogP contribution in [-0.2, 0) is 4.79 Å². The third-order valence-electron chi connectivity index (χ3n) is 5.02. The molecular formula is C16H28O. The Morgan fingerprint density at radius 3 is 2.53 bits per heavy atom. The molecule has 3 unspecified atom stereocenters. The van der Waals surface area contributed by atoms with E-state index in [1.807, 2.05) is 0 Å². The van der Waals surface area contributed by atoms with E-state index >= 15 is 0 Å². The Morgan fingerprint density at radius 2 is 1.76 bits per heavy atom. The standard InChI is InChI=1S/C16H28O/c1-2-3-4-9-16(17)15-11-10-13-7-5-6-8-14(13)12-15/h13-15H,2-12H2,1H3. The minimum absolute atomic E-state index is 0.436. The SMILES string of the molecule is CCCCCC(=O)C1CCC2CCCCC2C1. The Bertz CT molecular complexity index is 246. The lowest BCUT2D eigenvalue weighted by molar-refractivity contribution is -0.125. The van der Waals surface area contributed by atoms with Crippen molar-refractivity contribution in [3.63, 3.8) is 0 Å². The van der Waals surface area contributed by atoms with E-state index in [2.05, 4.69) is 6.92 Å². The normalized spacial score (nSPS) is 33.1. The number of unbranched alkanes of at least 4 members (excludes halogenated alkanes) is 2. The fourth-order valence-corrected chi connectivity index (χ4v) is 3.92. The smallest absolute Gasteiger partial charge is 0.135 e. The number of hydrogen-bond donors (Lipinski definition) is 0. The highest BCUT2D eigenvalue weighted by molar-refractivity contribution is 5.81. The molecule has 0 aromatic carbocycles. The highest BCUT2D eigenvalue weighted by atomic mass is 16.1. The lowest BCUT2D eigenvalue weighted by Crippen LogP contribution is -2.31. The van der Waals surface area contributed by atoms with Gasteiger partial charge in [-0.1, -0.05) is 45.4 Å². The van der Waals surface area contributed by atoms with Crippen molar-refractivity contribution < 1.29 is 4.79 Å². The van der Waals surface area contributed by atoms with Crippen LogP contribution in [0.3, 0.4) is 0 Å². The molecule has 0 saturated heterocycles. The van der Waals surface area contributed by atoms with Gasteiger partial charge in [0.25, 0.3) is 0 Å². The first kappa shape index (κ1) is 13.1. The maximum Gasteiger partial charge on any atom is 0.135 e. The molecule has 0 spiro atoms. The lowest BCUT2D eigenvalue weighted by atomic mass is 9.66. The third kappa shape index (κ3) is 3.56. The molecule has 17 heavy (non-hydrogen) atoms. The van der Waals surface area contributed by atoms with Crippen molar-refractivity contribution in [3.8, 4) is 0 Å². The summed E-state index contributed by atoms with van der Waals surface area (Å²) in [6.07, 6.45) is 13.9. The van der Waals surface area contributed by atoms with Crippen LogP contribution in [0.4, 0.5) is 0 Å². The number of rotatable bonds is 5. The van der Waals surface area contributed by atoms with E-state index in [0.717, 1.165) is 24.7 Å². The van der Waals surface area contributed by atoms with Crippen LogP contribution in [0.2, 0.25) is 0 Å². The van der Waals surface area contributed by atoms with Gasteiger partial charge in [0.05, 0.1) is 0 Å². The second-order valence-electron chi connectivity index (χ2n) is 6.24. The average molecular weight is 236 g/mol. The summed E-state index contributed by atoms with van der Waals surface area (Å²) in [4.78, 5) is 12.1. The summed E-state index contributed by atoms with van der Waals surface area (Å²) in [5, 5.41) is 0. The molecule has 0 aromatic heterocycles. The van der Waals surface area contributed by atoms with E-state index in [0.29, 0.717) is 11.7 Å². The highest BCUT2D eigenvalue weighted by Crippen LogP contribution is 2.43. The van der Waals surface area contributed by atoms with E-state index in [1.165, 1.54) is 57.8 Å². The summed E-state index contributed by atoms with van der Waals surface area (Å²) in [5.74, 6) is 2.90. The van der Waals surface area contributed by atoms with Crippen molar-refractivity contribution in [3.05, 3.63) is 0 Å². The van der Waals surface area contributed by atoms with Crippen molar-refractivity contribution in [2.75, 3.05) is 0 Å². The Morgan fingerprint density at radius 1 is 1.00 bits per heavy atom. The highest BCUT2D eigenvalue weighted by Gasteiger charge is 2.34. The van der Waals surface area contributed by atoms with E-state index in [1.54, 1.807) is 0 Å². The minimum Gasteiger partial charge on any atom is -0.299 e. The molecule has 1 heteroatoms. The zero-order valence-electron chi connectivity index (χ0n) is 11.4. The van der Waals surface area contributed by atoms with Crippen LogP contribution in [0.25, 0.3) is 0 Å². The molecule has 0 heterocycles. The summed E-state index contributed by atoms with van der Waals surface area (Å²) in [6.45, 7) is 2.21. The second-order valence-corrected chi connectivity index (χ2v) is 6.24. The van der Waals surface area contributed by atoms with Gasteiger partial charge in [-0.3, -0.25) is 4.79 Å². The van der Waals surface area contributed by atoms with Gasteiger partial charge < -0.3 is 0 Å². The van der Waals surface area contributed by atoms with Crippen molar-refractivity contribution >= 4 is 5.78 Å². The van der Waals surface area contributed by atoms with Gasteiger partial charge in [0.15, 0.2) is 0 Å². The van der Waals surface area contributed by atoms with Crippen LogP contribution < -0.4 is 0 Å². The van der Waals surface area contributed by atoms with Gasteiger partial charge in [0, 0.05) is 12.3 Å². The molecule has 2 rings (SSSR count). The van der Waals surface area contributed by atoms with E-state index in [4.69, 9.17) is 0 Å². The van der Waals surface area contributed by atoms with Gasteiger partial charge in [0.2, 0.25) is 0 Å². The average Bonchev–Trinajstić information content (AvgIpc) is 2.38. The van der Waals surface area contributed by atoms with Crippen LogP contribution in [0.5, 0.6) is 0 Å². The van der Waals surface area contributed by atoms with Crippen molar-refractivity contribution in [1.29, 1.82) is 0 Å². The van der Waals surface area contributed by atoms with Gasteiger partial charge >= 0.3 is 0 Å². The molecule has 1 nitrogen and oxygen atoms in total. The van der Waals surface area contributed by atoms with Crippen LogP contribution in [-0.4, -0.2) is 5.78 Å². The number of carbonyl (C=O) groups excluding carboxylic acids is 1. The molecule has 0 bridgehead atoms. The maximum atomic E-state index is 12.1. The van der Waals surface area contributed by atoms with Crippen LogP contribution in [0.15, 0.2) is 0 Å². The van der Waals surface area contributed by atoms with Gasteiger partial charge in [-0.25, -0.2) is 0 Å². The quantitative estimate of drug-likeness (QED) is 0.630. The fraction of sp³-hybridized carbons (Fsp3) is 0.938. The van der Waals surface area contributed by atoms with E-state index in [-0.39, 0.29) is 0 Å². The molecule has 2 fully saturated rings. The molecule has 0 aromatic rings. The molecule has 98 valence electrons. The van der Waals surface area contributed by atoms with Gasteiger partial charge in [0.1, 0.15) is 5.78 Å². The zero-order valence-corrected chi connectivity index (χ0v) is 11.4. The van der Waals surface area contributed by atoms with Crippen LogP contribution in [0.1, 0.15) is 77.6 Å². The summed E-state index contributed by atoms with van der Waals surface area (Å²) in [7, 11) is 0. The Kier molecular flexibility index (Phi) is 5.06. The second kappa shape index (κ2) is 6.56. The predicted octanol–water partition coefficient (Wildman–Crippen LogP) is 4.74. The first-order valence-corrected chi connectivity index (χ1v) is 7.84. The lowest BCUT2D eigenvalue weighted by Gasteiger charge is -2.38. The Hall–Kier alpha value is -0.330. The topological polar surface area (TPSA) is 17.1 Å². The van der Waals surface area contributed by atoms with Gasteiger partial charge in [-0.15, -0.1) is 0 Å². The molecule has 0 aliphatic heterocycles. The third-order valence-corrected chi connectivity index (χ3v) is 5.02. The maximum absolute atomic E-state index is 12.1. The molecule has 2 aliphatic rings. The minimum atomic E-state index is 0.436. The summed E-state index contributed by atoms with van der Waals surface area (Å²) >= 11 is 0. The molecule has 3 atom stereocenters. The fourth-order valence-electron chi connectivity index (χ4n) is 3.92. The van der Waals surface area contributed by atoms with E-state index in [9.17, 15) is 4.79 Å². The summed E-state index contributed by atoms with van der Waals surface area (Å²) in [6, 6.07) is 0. The molecule has 0 radical (unpaired) electrons. The number of hydrogen-bond acceptors (Lipinski definition) is 1. The molecular weight excluding hydrogens is 208 g/mol. The Labute approximate surface area is 106 Å². The molecule has 2 saturated carbocycles. The molecule has 0 amide bonds. The van der Waals surface area contributed by atoms with Crippen molar-refractivity contribution in [1.82, 2.24) is 0 Å². The van der Waals surface area contributed by atoms with Crippen molar-refractivity contribution in [2.24, 2.45) is 17.8 Å². The monoisotopic (exact) mass is 236 g/mol.